The van der Waals surface area contributed by atoms with Crippen molar-refractivity contribution < 1.29 is 17.9 Å². The lowest BCUT2D eigenvalue weighted by atomic mass is 10.0. The van der Waals surface area contributed by atoms with E-state index in [1.165, 1.54) is 11.4 Å². The number of rotatable bonds is 7. The van der Waals surface area contributed by atoms with Crippen LogP contribution in [0.15, 0.2) is 42.5 Å². The summed E-state index contributed by atoms with van der Waals surface area (Å²) in [6.45, 7) is 3.79. The van der Waals surface area contributed by atoms with Gasteiger partial charge in [-0.2, -0.15) is 0 Å². The van der Waals surface area contributed by atoms with E-state index in [1.54, 1.807) is 32.2 Å². The maximum absolute atomic E-state index is 12.7. The number of nitrogens with zero attached hydrogens (tertiary/aromatic N) is 1. The first-order valence-electron chi connectivity index (χ1n) is 8.66. The summed E-state index contributed by atoms with van der Waals surface area (Å²) in [5.41, 5.74) is 2.76. The largest absolute Gasteiger partial charge is 0.497 e. The van der Waals surface area contributed by atoms with Gasteiger partial charge in [0.15, 0.2) is 0 Å². The summed E-state index contributed by atoms with van der Waals surface area (Å²) in [6.07, 6.45) is 1.89. The first kappa shape index (κ1) is 20.8. The second kappa shape index (κ2) is 8.43. The topological polar surface area (TPSA) is 75.7 Å². The third-order valence-corrected chi connectivity index (χ3v) is 5.72. The van der Waals surface area contributed by atoms with Crippen LogP contribution in [0.25, 0.3) is 0 Å². The molecule has 6 nitrogen and oxygen atoms in total. The minimum atomic E-state index is -3.35. The van der Waals surface area contributed by atoms with Crippen molar-refractivity contribution in [3.63, 3.8) is 0 Å². The second-order valence-corrected chi connectivity index (χ2v) is 8.45. The van der Waals surface area contributed by atoms with Gasteiger partial charge < -0.3 is 10.1 Å². The molecule has 0 aliphatic heterocycles. The molecule has 1 amide bonds. The number of carbonyl (C=O) groups is 1. The third-order valence-electron chi connectivity index (χ3n) is 4.53. The highest BCUT2D eigenvalue weighted by molar-refractivity contribution is 7.92. The molecule has 1 atom stereocenters. The highest BCUT2D eigenvalue weighted by atomic mass is 32.2. The Kier molecular flexibility index (Phi) is 6.49. The molecule has 0 heterocycles. The molecular formula is C20H26N2O4S. The number of benzene rings is 2. The summed E-state index contributed by atoms with van der Waals surface area (Å²) < 4.78 is 29.8. The average molecular weight is 391 g/mol. The first-order chi connectivity index (χ1) is 12.7. The molecule has 0 aromatic heterocycles. The Bertz CT molecular complexity index is 908. The summed E-state index contributed by atoms with van der Waals surface area (Å²) in [4.78, 5) is 12.7. The summed E-state index contributed by atoms with van der Waals surface area (Å²) in [7, 11) is -0.247. The van der Waals surface area contributed by atoms with Gasteiger partial charge in [0, 0.05) is 12.6 Å². The molecule has 1 N–H and O–H groups in total. The number of hydrogen-bond acceptors (Lipinski definition) is 4. The number of sulfonamides is 1. The highest BCUT2D eigenvalue weighted by Gasteiger charge is 2.18. The molecule has 0 saturated heterocycles. The summed E-state index contributed by atoms with van der Waals surface area (Å²) in [6, 6.07) is 12.5. The molecule has 0 bridgehead atoms. The summed E-state index contributed by atoms with van der Waals surface area (Å²) in [5.74, 6) is 0.565. The fraction of sp³-hybridized carbons (Fsp3) is 0.350. The van der Waals surface area contributed by atoms with Gasteiger partial charge in [-0.05, 0) is 54.8 Å². The predicted octanol–water partition coefficient (Wildman–Crippen LogP) is 3.28. The minimum Gasteiger partial charge on any atom is -0.497 e. The van der Waals surface area contributed by atoms with Gasteiger partial charge in [0.1, 0.15) is 5.75 Å². The van der Waals surface area contributed by atoms with Crippen LogP contribution in [0.1, 0.15) is 40.9 Å². The molecule has 0 saturated carbocycles. The van der Waals surface area contributed by atoms with Crippen molar-refractivity contribution in [1.82, 2.24) is 5.32 Å². The van der Waals surface area contributed by atoms with Crippen molar-refractivity contribution in [2.75, 3.05) is 24.7 Å². The number of aryl methyl sites for hydroxylation is 1. The van der Waals surface area contributed by atoms with E-state index in [2.05, 4.69) is 5.32 Å². The van der Waals surface area contributed by atoms with E-state index in [9.17, 15) is 13.2 Å². The van der Waals surface area contributed by atoms with Crippen LogP contribution in [-0.2, 0) is 10.0 Å². The zero-order valence-corrected chi connectivity index (χ0v) is 17.1. The van der Waals surface area contributed by atoms with E-state index in [0.717, 1.165) is 24.0 Å². The number of carbonyl (C=O) groups excluding carboxylic acids is 1. The smallest absolute Gasteiger partial charge is 0.251 e. The Morgan fingerprint density at radius 3 is 2.30 bits per heavy atom. The van der Waals surface area contributed by atoms with Crippen LogP contribution >= 0.6 is 0 Å². The van der Waals surface area contributed by atoms with Crippen molar-refractivity contribution in [2.45, 2.75) is 26.3 Å². The summed E-state index contributed by atoms with van der Waals surface area (Å²) >= 11 is 0. The van der Waals surface area contributed by atoms with Gasteiger partial charge in [-0.3, -0.25) is 9.10 Å². The van der Waals surface area contributed by atoms with E-state index in [1.807, 2.05) is 31.2 Å². The van der Waals surface area contributed by atoms with Gasteiger partial charge in [0.25, 0.3) is 5.91 Å². The zero-order chi connectivity index (χ0) is 20.2. The molecule has 27 heavy (non-hydrogen) atoms. The third kappa shape index (κ3) is 5.01. The van der Waals surface area contributed by atoms with E-state index >= 15 is 0 Å². The molecule has 2 aromatic rings. The van der Waals surface area contributed by atoms with Crippen LogP contribution in [0.5, 0.6) is 5.75 Å². The monoisotopic (exact) mass is 390 g/mol. The van der Waals surface area contributed by atoms with Crippen LogP contribution in [0.2, 0.25) is 0 Å². The van der Waals surface area contributed by atoms with Gasteiger partial charge in [-0.15, -0.1) is 0 Å². The van der Waals surface area contributed by atoms with Crippen LogP contribution in [0.4, 0.5) is 5.69 Å². The average Bonchev–Trinajstić information content (AvgIpc) is 2.64. The second-order valence-electron chi connectivity index (χ2n) is 6.44. The molecule has 0 fully saturated rings. The number of anilines is 1. The molecule has 7 heteroatoms. The Morgan fingerprint density at radius 1 is 1.19 bits per heavy atom. The molecule has 0 aliphatic rings. The molecule has 0 aliphatic carbocycles. The van der Waals surface area contributed by atoms with E-state index in [4.69, 9.17) is 4.74 Å². The minimum absolute atomic E-state index is 0.123. The van der Waals surface area contributed by atoms with Gasteiger partial charge in [-0.25, -0.2) is 8.42 Å². The Labute approximate surface area is 161 Å². The lowest BCUT2D eigenvalue weighted by Crippen LogP contribution is -2.29. The van der Waals surface area contributed by atoms with Gasteiger partial charge in [-0.1, -0.05) is 19.1 Å². The summed E-state index contributed by atoms with van der Waals surface area (Å²) in [5, 5.41) is 3.03. The number of nitrogens with one attached hydrogen (secondary N) is 1. The van der Waals surface area contributed by atoms with Crippen LogP contribution in [0, 0.1) is 6.92 Å². The van der Waals surface area contributed by atoms with Crippen LogP contribution in [0.3, 0.4) is 0 Å². The Balaban J connectivity index is 2.20. The lowest BCUT2D eigenvalue weighted by molar-refractivity contribution is 0.0935. The molecule has 2 rings (SSSR count). The SMILES string of the molecule is CC[C@H](NC(=O)c1ccc(N(C)S(C)(=O)=O)c(C)c1)c1ccc(OC)cc1. The van der Waals surface area contributed by atoms with E-state index in [-0.39, 0.29) is 11.9 Å². The van der Waals surface area contributed by atoms with Crippen molar-refractivity contribution in [3.8, 4) is 5.75 Å². The van der Waals surface area contributed by atoms with Gasteiger partial charge in [0.05, 0.1) is 25.1 Å². The number of amides is 1. The molecule has 2 aromatic carbocycles. The van der Waals surface area contributed by atoms with Crippen LogP contribution < -0.4 is 14.4 Å². The van der Waals surface area contributed by atoms with Crippen molar-refractivity contribution in [3.05, 3.63) is 59.2 Å². The first-order valence-corrected chi connectivity index (χ1v) is 10.5. The number of methoxy groups -OCH3 is 1. The molecule has 146 valence electrons. The Hall–Kier alpha value is -2.54. The van der Waals surface area contributed by atoms with E-state index < -0.39 is 10.0 Å². The van der Waals surface area contributed by atoms with Gasteiger partial charge >= 0.3 is 0 Å². The molecule has 0 unspecified atom stereocenters. The number of hydrogen-bond donors (Lipinski definition) is 1. The normalized spacial score (nSPS) is 12.3. The zero-order valence-electron chi connectivity index (χ0n) is 16.3. The van der Waals surface area contributed by atoms with Crippen molar-refractivity contribution >= 4 is 21.6 Å². The maximum Gasteiger partial charge on any atom is 0.251 e. The Morgan fingerprint density at radius 2 is 1.81 bits per heavy atom. The van der Waals surface area contributed by atoms with E-state index in [0.29, 0.717) is 16.8 Å². The maximum atomic E-state index is 12.7. The lowest BCUT2D eigenvalue weighted by Gasteiger charge is -2.21. The fourth-order valence-electron chi connectivity index (χ4n) is 2.83. The predicted molar refractivity (Wildman–Crippen MR) is 108 cm³/mol. The standard InChI is InChI=1S/C20H26N2O4S/c1-6-18(15-7-10-17(26-4)11-8-15)21-20(23)16-9-12-19(14(2)13-16)22(3)27(5,24)25/h7-13,18H,6H2,1-5H3,(H,21,23)/t18-/m0/s1. The fourth-order valence-corrected chi connectivity index (χ4v) is 3.39. The molecular weight excluding hydrogens is 364 g/mol. The highest BCUT2D eigenvalue weighted by Crippen LogP contribution is 2.24. The molecule has 0 radical (unpaired) electrons. The quantitative estimate of drug-likeness (QED) is 0.787. The van der Waals surface area contributed by atoms with Crippen molar-refractivity contribution in [1.29, 1.82) is 0 Å². The van der Waals surface area contributed by atoms with Crippen molar-refractivity contribution in [2.24, 2.45) is 0 Å². The van der Waals surface area contributed by atoms with Crippen LogP contribution in [-0.4, -0.2) is 34.7 Å². The van der Waals surface area contributed by atoms with Gasteiger partial charge in [0.2, 0.25) is 10.0 Å². The number of ether oxygens (including phenoxy) is 1. The molecule has 0 spiro atoms.